The van der Waals surface area contributed by atoms with Crippen LogP contribution < -0.4 is 15.8 Å². The number of benzene rings is 1. The van der Waals surface area contributed by atoms with Crippen molar-refractivity contribution in [3.05, 3.63) is 29.8 Å². The third-order valence-corrected chi connectivity index (χ3v) is 3.09. The zero-order chi connectivity index (χ0) is 12.3. The Labute approximate surface area is 101 Å². The Bertz CT molecular complexity index is 402. The molecule has 4 nitrogen and oxygen atoms in total. The van der Waals surface area contributed by atoms with Crippen molar-refractivity contribution in [1.82, 2.24) is 5.32 Å². The first-order valence-corrected chi connectivity index (χ1v) is 5.89. The van der Waals surface area contributed by atoms with E-state index in [1.54, 1.807) is 19.2 Å². The Morgan fingerprint density at radius 2 is 2.35 bits per heavy atom. The minimum absolute atomic E-state index is 0.0775. The summed E-state index contributed by atoms with van der Waals surface area (Å²) in [7, 11) is 1.59. The zero-order valence-corrected chi connectivity index (χ0v) is 9.98. The Kier molecular flexibility index (Phi) is 3.64. The number of hydrogen-bond acceptors (Lipinski definition) is 3. The second-order valence-corrected chi connectivity index (χ2v) is 4.39. The molecular formula is C13H18N2O2. The number of carbonyl (C=O) groups excluding carboxylic acids is 1. The fraction of sp³-hybridized carbons (Fsp3) is 0.462. The molecule has 1 unspecified atom stereocenters. The molecule has 1 aromatic rings. The third kappa shape index (κ3) is 2.97. The summed E-state index contributed by atoms with van der Waals surface area (Å²) in [5, 5.41) is 2.98. The Morgan fingerprint density at radius 1 is 1.59 bits per heavy atom. The lowest BCUT2D eigenvalue weighted by Crippen LogP contribution is -2.41. The number of methoxy groups -OCH3 is 1. The minimum Gasteiger partial charge on any atom is -0.497 e. The maximum Gasteiger partial charge on any atom is 0.251 e. The van der Waals surface area contributed by atoms with Crippen molar-refractivity contribution in [3.63, 3.8) is 0 Å². The lowest BCUT2D eigenvalue weighted by Gasteiger charge is -2.16. The number of carbonyl (C=O) groups is 1. The molecule has 1 amide bonds. The molecule has 1 aliphatic rings. The van der Waals surface area contributed by atoms with E-state index in [9.17, 15) is 4.79 Å². The van der Waals surface area contributed by atoms with Crippen LogP contribution in [0.15, 0.2) is 24.3 Å². The van der Waals surface area contributed by atoms with Crippen LogP contribution in [0.1, 0.15) is 23.2 Å². The number of ether oxygens (including phenoxy) is 1. The molecule has 92 valence electrons. The molecule has 0 aliphatic heterocycles. The predicted octanol–water partition coefficient (Wildman–Crippen LogP) is 1.16. The fourth-order valence-electron chi connectivity index (χ4n) is 1.88. The van der Waals surface area contributed by atoms with Crippen LogP contribution in [0.5, 0.6) is 5.75 Å². The summed E-state index contributed by atoms with van der Waals surface area (Å²) in [6, 6.07) is 7.24. The Balaban J connectivity index is 2.02. The van der Waals surface area contributed by atoms with Gasteiger partial charge in [0.1, 0.15) is 5.75 Å². The molecule has 1 aliphatic carbocycles. The zero-order valence-electron chi connectivity index (χ0n) is 9.98. The summed E-state index contributed by atoms with van der Waals surface area (Å²) in [4.78, 5) is 12.0. The highest BCUT2D eigenvalue weighted by Crippen LogP contribution is 2.32. The van der Waals surface area contributed by atoms with Gasteiger partial charge < -0.3 is 15.8 Å². The SMILES string of the molecule is COc1cccc(C(=O)NC(CN)C2CC2)c1. The van der Waals surface area contributed by atoms with Gasteiger partial charge in [0, 0.05) is 18.2 Å². The second-order valence-electron chi connectivity index (χ2n) is 4.39. The van der Waals surface area contributed by atoms with Gasteiger partial charge in [-0.3, -0.25) is 4.79 Å². The van der Waals surface area contributed by atoms with E-state index in [4.69, 9.17) is 10.5 Å². The van der Waals surface area contributed by atoms with Crippen molar-refractivity contribution in [1.29, 1.82) is 0 Å². The smallest absolute Gasteiger partial charge is 0.251 e. The van der Waals surface area contributed by atoms with Gasteiger partial charge in [0.15, 0.2) is 0 Å². The number of nitrogens with two attached hydrogens (primary N) is 1. The summed E-state index contributed by atoms with van der Waals surface area (Å²) < 4.78 is 5.09. The second kappa shape index (κ2) is 5.19. The third-order valence-electron chi connectivity index (χ3n) is 3.09. The van der Waals surface area contributed by atoms with E-state index in [0.29, 0.717) is 23.8 Å². The predicted molar refractivity (Wildman–Crippen MR) is 66.0 cm³/mol. The maximum absolute atomic E-state index is 12.0. The molecule has 0 aromatic heterocycles. The summed E-state index contributed by atoms with van der Waals surface area (Å²) in [6.07, 6.45) is 2.33. The number of hydrogen-bond donors (Lipinski definition) is 2. The highest BCUT2D eigenvalue weighted by molar-refractivity contribution is 5.94. The van der Waals surface area contributed by atoms with Crippen molar-refractivity contribution >= 4 is 5.91 Å². The molecule has 0 radical (unpaired) electrons. The monoisotopic (exact) mass is 234 g/mol. The summed E-state index contributed by atoms with van der Waals surface area (Å²) in [5.41, 5.74) is 6.27. The highest BCUT2D eigenvalue weighted by Gasteiger charge is 2.31. The Morgan fingerprint density at radius 3 is 2.94 bits per heavy atom. The minimum atomic E-state index is -0.0775. The van der Waals surface area contributed by atoms with Gasteiger partial charge in [-0.2, -0.15) is 0 Å². The van der Waals surface area contributed by atoms with Crippen molar-refractivity contribution in [2.75, 3.05) is 13.7 Å². The lowest BCUT2D eigenvalue weighted by molar-refractivity contribution is 0.0933. The molecular weight excluding hydrogens is 216 g/mol. The van der Waals surface area contributed by atoms with Gasteiger partial charge in [0.25, 0.3) is 5.91 Å². The number of amides is 1. The fourth-order valence-corrected chi connectivity index (χ4v) is 1.88. The molecule has 3 N–H and O–H groups in total. The normalized spacial score (nSPS) is 16.4. The number of rotatable bonds is 5. The van der Waals surface area contributed by atoms with Gasteiger partial charge in [-0.25, -0.2) is 0 Å². The van der Waals surface area contributed by atoms with E-state index in [0.717, 1.165) is 0 Å². The van der Waals surface area contributed by atoms with E-state index >= 15 is 0 Å². The first-order valence-electron chi connectivity index (χ1n) is 5.89. The van der Waals surface area contributed by atoms with E-state index in [1.807, 2.05) is 12.1 Å². The van der Waals surface area contributed by atoms with Crippen molar-refractivity contribution < 1.29 is 9.53 Å². The summed E-state index contributed by atoms with van der Waals surface area (Å²) in [6.45, 7) is 0.500. The quantitative estimate of drug-likeness (QED) is 0.803. The van der Waals surface area contributed by atoms with E-state index in [-0.39, 0.29) is 11.9 Å². The first-order chi connectivity index (χ1) is 8.24. The summed E-state index contributed by atoms with van der Waals surface area (Å²) in [5.74, 6) is 1.18. The highest BCUT2D eigenvalue weighted by atomic mass is 16.5. The molecule has 0 saturated heterocycles. The molecule has 17 heavy (non-hydrogen) atoms. The van der Waals surface area contributed by atoms with Gasteiger partial charge in [-0.05, 0) is 37.0 Å². The molecule has 2 rings (SSSR count). The van der Waals surface area contributed by atoms with Crippen LogP contribution in [0.3, 0.4) is 0 Å². The summed E-state index contributed by atoms with van der Waals surface area (Å²) >= 11 is 0. The average Bonchev–Trinajstić information content (AvgIpc) is 3.20. The van der Waals surface area contributed by atoms with Crippen LogP contribution in [0, 0.1) is 5.92 Å². The molecule has 0 spiro atoms. The molecule has 0 bridgehead atoms. The van der Waals surface area contributed by atoms with Gasteiger partial charge in [0.05, 0.1) is 7.11 Å². The van der Waals surface area contributed by atoms with Crippen LogP contribution in [0.4, 0.5) is 0 Å². The van der Waals surface area contributed by atoms with Crippen LogP contribution >= 0.6 is 0 Å². The molecule has 1 fully saturated rings. The molecule has 1 aromatic carbocycles. The largest absolute Gasteiger partial charge is 0.497 e. The van der Waals surface area contributed by atoms with Crippen LogP contribution in [-0.2, 0) is 0 Å². The number of nitrogens with one attached hydrogen (secondary N) is 1. The van der Waals surface area contributed by atoms with E-state index in [1.165, 1.54) is 12.8 Å². The lowest BCUT2D eigenvalue weighted by atomic mass is 10.1. The molecule has 1 atom stereocenters. The average molecular weight is 234 g/mol. The van der Waals surface area contributed by atoms with Crippen LogP contribution in [0.2, 0.25) is 0 Å². The maximum atomic E-state index is 12.0. The van der Waals surface area contributed by atoms with E-state index < -0.39 is 0 Å². The van der Waals surface area contributed by atoms with Gasteiger partial charge >= 0.3 is 0 Å². The van der Waals surface area contributed by atoms with E-state index in [2.05, 4.69) is 5.32 Å². The van der Waals surface area contributed by atoms with Gasteiger partial charge in [0.2, 0.25) is 0 Å². The van der Waals surface area contributed by atoms with Crippen molar-refractivity contribution in [2.45, 2.75) is 18.9 Å². The van der Waals surface area contributed by atoms with Gasteiger partial charge in [-0.1, -0.05) is 6.07 Å². The standard InChI is InChI=1S/C13H18N2O2/c1-17-11-4-2-3-10(7-11)13(16)15-12(8-14)9-5-6-9/h2-4,7,9,12H,5-6,8,14H2,1H3,(H,15,16). The molecule has 0 heterocycles. The Hall–Kier alpha value is -1.55. The van der Waals surface area contributed by atoms with Crippen molar-refractivity contribution in [2.24, 2.45) is 11.7 Å². The van der Waals surface area contributed by atoms with Crippen molar-refractivity contribution in [3.8, 4) is 5.75 Å². The first kappa shape index (κ1) is 11.9. The van der Waals surface area contributed by atoms with Crippen LogP contribution in [0.25, 0.3) is 0 Å². The molecule has 4 heteroatoms. The van der Waals surface area contributed by atoms with Crippen LogP contribution in [-0.4, -0.2) is 25.6 Å². The molecule has 1 saturated carbocycles. The van der Waals surface area contributed by atoms with Gasteiger partial charge in [-0.15, -0.1) is 0 Å². The topological polar surface area (TPSA) is 64.3 Å².